The Morgan fingerprint density at radius 1 is 0.955 bits per heavy atom. The van der Waals surface area contributed by atoms with E-state index < -0.39 is 0 Å². The molecule has 0 saturated carbocycles. The third-order valence-electron chi connectivity index (χ3n) is 3.08. The first-order valence-electron chi connectivity index (χ1n) is 6.35. The van der Waals surface area contributed by atoms with Crippen molar-refractivity contribution in [2.45, 2.75) is 0 Å². The van der Waals surface area contributed by atoms with Gasteiger partial charge in [0.1, 0.15) is 0 Å². The smallest absolute Gasteiger partial charge is 0.268 e. The Morgan fingerprint density at radius 2 is 1.68 bits per heavy atom. The number of halogens is 2. The fourth-order valence-corrected chi connectivity index (χ4v) is 3.24. The molecule has 110 valence electrons. The molecule has 0 N–H and O–H groups in total. The number of hydrogen-bond donors (Lipinski definition) is 0. The van der Waals surface area contributed by atoms with Gasteiger partial charge < -0.3 is 0 Å². The number of imide groups is 1. The summed E-state index contributed by atoms with van der Waals surface area (Å²) in [5.41, 5.74) is 1.15. The highest BCUT2D eigenvalue weighted by Crippen LogP contribution is 2.37. The Morgan fingerprint density at radius 3 is 2.41 bits per heavy atom. The van der Waals surface area contributed by atoms with Crippen molar-refractivity contribution >= 4 is 57.9 Å². The number of benzene rings is 2. The number of nitrogens with zero attached hydrogens (tertiary/aromatic N) is 1. The van der Waals surface area contributed by atoms with Crippen molar-refractivity contribution in [3.05, 3.63) is 69.0 Å². The molecule has 0 radical (unpaired) electrons. The van der Waals surface area contributed by atoms with Crippen LogP contribution in [-0.4, -0.2) is 11.1 Å². The molecular formula is C16H9Cl2NO2S. The Bertz CT molecular complexity index is 790. The largest absolute Gasteiger partial charge is 0.298 e. The number of para-hydroxylation sites is 1. The van der Waals surface area contributed by atoms with Crippen LogP contribution < -0.4 is 4.90 Å². The Balaban J connectivity index is 1.98. The highest BCUT2D eigenvalue weighted by molar-refractivity contribution is 8.19. The van der Waals surface area contributed by atoms with E-state index in [-0.39, 0.29) is 11.1 Å². The molecule has 0 aliphatic carbocycles. The van der Waals surface area contributed by atoms with Crippen molar-refractivity contribution in [1.29, 1.82) is 0 Å². The van der Waals surface area contributed by atoms with Gasteiger partial charge in [0.25, 0.3) is 11.1 Å². The Labute approximate surface area is 141 Å². The van der Waals surface area contributed by atoms with E-state index in [9.17, 15) is 9.59 Å². The van der Waals surface area contributed by atoms with Crippen molar-refractivity contribution in [2.24, 2.45) is 0 Å². The lowest BCUT2D eigenvalue weighted by Crippen LogP contribution is -2.27. The number of amides is 2. The fourth-order valence-electron chi connectivity index (χ4n) is 2.04. The van der Waals surface area contributed by atoms with E-state index in [2.05, 4.69) is 0 Å². The van der Waals surface area contributed by atoms with Crippen LogP contribution in [-0.2, 0) is 4.79 Å². The number of anilines is 1. The van der Waals surface area contributed by atoms with E-state index in [4.69, 9.17) is 23.2 Å². The summed E-state index contributed by atoms with van der Waals surface area (Å²) >= 11 is 13.0. The molecule has 0 atom stereocenters. The molecule has 3 rings (SSSR count). The molecule has 1 aliphatic rings. The van der Waals surface area contributed by atoms with Crippen molar-refractivity contribution in [3.8, 4) is 0 Å². The van der Waals surface area contributed by atoms with E-state index in [1.54, 1.807) is 48.5 Å². The highest BCUT2D eigenvalue weighted by Gasteiger charge is 2.36. The zero-order valence-corrected chi connectivity index (χ0v) is 13.5. The van der Waals surface area contributed by atoms with E-state index in [0.29, 0.717) is 26.2 Å². The average molecular weight is 350 g/mol. The SMILES string of the molecule is O=C1S/C(=C\c2cccc(Cl)c2Cl)C(=O)N1c1ccccc1. The second-order valence-electron chi connectivity index (χ2n) is 4.50. The fraction of sp³-hybridized carbons (Fsp3) is 0. The summed E-state index contributed by atoms with van der Waals surface area (Å²) in [6.07, 6.45) is 1.59. The molecule has 22 heavy (non-hydrogen) atoms. The number of hydrogen-bond acceptors (Lipinski definition) is 3. The molecule has 1 saturated heterocycles. The van der Waals surface area contributed by atoms with Crippen LogP contribution >= 0.6 is 35.0 Å². The predicted molar refractivity (Wildman–Crippen MR) is 91.4 cm³/mol. The molecule has 0 bridgehead atoms. The van der Waals surface area contributed by atoms with Gasteiger partial charge in [-0.1, -0.05) is 53.5 Å². The van der Waals surface area contributed by atoms with Crippen molar-refractivity contribution in [2.75, 3.05) is 4.90 Å². The molecule has 3 nitrogen and oxygen atoms in total. The maximum atomic E-state index is 12.5. The molecule has 2 aromatic rings. The topological polar surface area (TPSA) is 37.4 Å². The first kappa shape index (κ1) is 15.2. The molecule has 1 heterocycles. The molecular weight excluding hydrogens is 341 g/mol. The monoisotopic (exact) mass is 349 g/mol. The number of carbonyl (C=O) groups is 2. The van der Waals surface area contributed by atoms with Gasteiger partial charge in [0, 0.05) is 0 Å². The van der Waals surface area contributed by atoms with Crippen LogP contribution in [0.3, 0.4) is 0 Å². The summed E-state index contributed by atoms with van der Waals surface area (Å²) in [5, 5.41) is 0.425. The minimum Gasteiger partial charge on any atom is -0.268 e. The van der Waals surface area contributed by atoms with E-state index in [1.807, 2.05) is 6.07 Å². The summed E-state index contributed by atoms with van der Waals surface area (Å²) < 4.78 is 0. The van der Waals surface area contributed by atoms with Gasteiger partial charge in [-0.15, -0.1) is 0 Å². The van der Waals surface area contributed by atoms with Gasteiger partial charge in [0.2, 0.25) is 0 Å². The van der Waals surface area contributed by atoms with Crippen LogP contribution in [0.15, 0.2) is 53.4 Å². The minimum atomic E-state index is -0.364. The van der Waals surface area contributed by atoms with Gasteiger partial charge in [0.05, 0.1) is 20.6 Å². The molecule has 2 amide bonds. The number of rotatable bonds is 2. The average Bonchev–Trinajstić information content (AvgIpc) is 2.79. The minimum absolute atomic E-state index is 0.318. The van der Waals surface area contributed by atoms with Gasteiger partial charge in [-0.3, -0.25) is 9.59 Å². The molecule has 1 fully saturated rings. The normalized spacial score (nSPS) is 16.6. The van der Waals surface area contributed by atoms with Crippen molar-refractivity contribution in [1.82, 2.24) is 0 Å². The van der Waals surface area contributed by atoms with Gasteiger partial charge in [-0.2, -0.15) is 0 Å². The van der Waals surface area contributed by atoms with Crippen LogP contribution in [0.5, 0.6) is 0 Å². The second-order valence-corrected chi connectivity index (χ2v) is 6.27. The first-order chi connectivity index (χ1) is 10.6. The lowest BCUT2D eigenvalue weighted by atomic mass is 10.2. The third-order valence-corrected chi connectivity index (χ3v) is 4.78. The molecule has 0 spiro atoms. The standard InChI is InChI=1S/C16H9Cl2NO2S/c17-12-8-4-5-10(14(12)18)9-13-15(20)19(16(21)22-13)11-6-2-1-3-7-11/h1-9H/b13-9-. The second kappa shape index (κ2) is 6.16. The molecule has 0 unspecified atom stereocenters. The zero-order chi connectivity index (χ0) is 15.7. The van der Waals surface area contributed by atoms with Crippen LogP contribution in [0.4, 0.5) is 10.5 Å². The maximum Gasteiger partial charge on any atom is 0.298 e. The third kappa shape index (κ3) is 2.77. The van der Waals surface area contributed by atoms with Gasteiger partial charge in [-0.25, -0.2) is 4.90 Å². The summed E-state index contributed by atoms with van der Waals surface area (Å²) in [4.78, 5) is 26.0. The zero-order valence-electron chi connectivity index (χ0n) is 11.1. The summed E-state index contributed by atoms with van der Waals surface area (Å²) in [5.74, 6) is -0.364. The van der Waals surface area contributed by atoms with Gasteiger partial charge in [0.15, 0.2) is 0 Å². The first-order valence-corrected chi connectivity index (χ1v) is 7.92. The lowest BCUT2D eigenvalue weighted by Gasteiger charge is -2.11. The van der Waals surface area contributed by atoms with Crippen molar-refractivity contribution in [3.63, 3.8) is 0 Å². The summed E-state index contributed by atoms with van der Waals surface area (Å²) in [7, 11) is 0. The van der Waals surface area contributed by atoms with Gasteiger partial charge >= 0.3 is 0 Å². The van der Waals surface area contributed by atoms with Gasteiger partial charge in [-0.05, 0) is 41.6 Å². The van der Waals surface area contributed by atoms with E-state index in [1.165, 1.54) is 0 Å². The lowest BCUT2D eigenvalue weighted by molar-refractivity contribution is -0.113. The highest BCUT2D eigenvalue weighted by atomic mass is 35.5. The van der Waals surface area contributed by atoms with Crippen LogP contribution in [0.2, 0.25) is 10.0 Å². The van der Waals surface area contributed by atoms with E-state index >= 15 is 0 Å². The number of carbonyl (C=O) groups excluding carboxylic acids is 2. The maximum absolute atomic E-state index is 12.5. The Hall–Kier alpha value is -1.75. The van der Waals surface area contributed by atoms with E-state index in [0.717, 1.165) is 16.7 Å². The quantitative estimate of drug-likeness (QED) is 0.696. The molecule has 0 aromatic heterocycles. The van der Waals surface area contributed by atoms with Crippen LogP contribution in [0, 0.1) is 0 Å². The predicted octanol–water partition coefficient (Wildman–Crippen LogP) is 5.23. The molecule has 1 aliphatic heterocycles. The summed E-state index contributed by atoms with van der Waals surface area (Å²) in [6.45, 7) is 0. The van der Waals surface area contributed by atoms with Crippen molar-refractivity contribution < 1.29 is 9.59 Å². The number of thioether (sulfide) groups is 1. The molecule has 2 aromatic carbocycles. The molecule has 6 heteroatoms. The summed E-state index contributed by atoms with van der Waals surface area (Å²) in [6, 6.07) is 13.9. The van der Waals surface area contributed by atoms with Crippen LogP contribution in [0.25, 0.3) is 6.08 Å². The Kier molecular flexibility index (Phi) is 4.25. The van der Waals surface area contributed by atoms with Crippen LogP contribution in [0.1, 0.15) is 5.56 Å².